The van der Waals surface area contributed by atoms with Gasteiger partial charge in [-0.15, -0.1) is 0 Å². The number of carbonyl (C=O) groups excluding carboxylic acids is 2. The van der Waals surface area contributed by atoms with E-state index < -0.39 is 17.6 Å². The van der Waals surface area contributed by atoms with Crippen molar-refractivity contribution >= 4 is 11.9 Å². The van der Waals surface area contributed by atoms with Gasteiger partial charge in [-0.2, -0.15) is 0 Å². The third-order valence-electron chi connectivity index (χ3n) is 3.72. The number of carbonyl (C=O) groups is 2. The summed E-state index contributed by atoms with van der Waals surface area (Å²) in [7, 11) is 1.32. The molecular weight excluding hydrogens is 256 g/mol. The quantitative estimate of drug-likeness (QED) is 0.810. The van der Waals surface area contributed by atoms with E-state index in [4.69, 9.17) is 4.74 Å². The molecule has 0 aliphatic carbocycles. The van der Waals surface area contributed by atoms with E-state index in [0.29, 0.717) is 5.56 Å². The summed E-state index contributed by atoms with van der Waals surface area (Å²) in [5.41, 5.74) is 0.107. The summed E-state index contributed by atoms with van der Waals surface area (Å²) < 4.78 is 4.79. The third kappa shape index (κ3) is 2.99. The number of hydrogen-bond donors (Lipinski definition) is 2. The van der Waals surface area contributed by atoms with Crippen molar-refractivity contribution in [2.75, 3.05) is 13.7 Å². The van der Waals surface area contributed by atoms with Gasteiger partial charge in [0.1, 0.15) is 0 Å². The van der Waals surface area contributed by atoms with Crippen LogP contribution in [0, 0.1) is 0 Å². The molecule has 2 rings (SSSR count). The van der Waals surface area contributed by atoms with Crippen LogP contribution in [-0.2, 0) is 14.3 Å². The van der Waals surface area contributed by atoms with Crippen molar-refractivity contribution < 1.29 is 14.3 Å². The fourth-order valence-corrected chi connectivity index (χ4v) is 2.42. The minimum atomic E-state index is -0.770. The second-order valence-electron chi connectivity index (χ2n) is 5.20. The Balaban J connectivity index is 2.16. The molecule has 0 aromatic heterocycles. The highest BCUT2D eigenvalue weighted by Gasteiger charge is 2.38. The zero-order chi connectivity index (χ0) is 14.6. The molecule has 1 aliphatic rings. The first kappa shape index (κ1) is 14.5. The minimum absolute atomic E-state index is 0.172. The Morgan fingerprint density at radius 3 is 2.60 bits per heavy atom. The van der Waals surface area contributed by atoms with Crippen LogP contribution in [0.2, 0.25) is 0 Å². The van der Waals surface area contributed by atoms with Gasteiger partial charge in [0.2, 0.25) is 5.91 Å². The van der Waals surface area contributed by atoms with Crippen LogP contribution in [0.5, 0.6) is 0 Å². The second-order valence-corrected chi connectivity index (χ2v) is 5.20. The fourth-order valence-electron chi connectivity index (χ4n) is 2.42. The van der Waals surface area contributed by atoms with Gasteiger partial charge in [-0.25, -0.2) is 4.79 Å². The van der Waals surface area contributed by atoms with Crippen molar-refractivity contribution in [3.8, 4) is 0 Å². The normalized spacial score (nSPS) is 23.1. The van der Waals surface area contributed by atoms with E-state index in [1.54, 1.807) is 12.1 Å². The van der Waals surface area contributed by atoms with Gasteiger partial charge in [-0.1, -0.05) is 30.3 Å². The molecule has 20 heavy (non-hydrogen) atoms. The van der Waals surface area contributed by atoms with E-state index in [1.807, 2.05) is 25.1 Å². The first-order valence-corrected chi connectivity index (χ1v) is 6.75. The molecule has 1 amide bonds. The second kappa shape index (κ2) is 6.05. The van der Waals surface area contributed by atoms with Crippen LogP contribution in [-0.4, -0.2) is 31.1 Å². The van der Waals surface area contributed by atoms with Gasteiger partial charge < -0.3 is 15.4 Å². The lowest BCUT2D eigenvalue weighted by Gasteiger charge is -2.26. The highest BCUT2D eigenvalue weighted by atomic mass is 16.5. The Morgan fingerprint density at radius 1 is 1.35 bits per heavy atom. The van der Waals surface area contributed by atoms with Crippen molar-refractivity contribution in [2.45, 2.75) is 31.3 Å². The smallest absolute Gasteiger partial charge is 0.333 e. The van der Waals surface area contributed by atoms with Gasteiger partial charge in [-0.05, 0) is 31.9 Å². The van der Waals surface area contributed by atoms with Crippen molar-refractivity contribution in [1.82, 2.24) is 10.6 Å². The van der Waals surface area contributed by atoms with Gasteiger partial charge in [-0.3, -0.25) is 4.79 Å². The molecule has 5 heteroatoms. The summed E-state index contributed by atoms with van der Waals surface area (Å²) in [6, 6.07) is 8.34. The maximum atomic E-state index is 12.4. The minimum Gasteiger partial charge on any atom is -0.467 e. The Labute approximate surface area is 118 Å². The van der Waals surface area contributed by atoms with Gasteiger partial charge >= 0.3 is 5.97 Å². The molecule has 2 N–H and O–H groups in total. The molecule has 5 nitrogen and oxygen atoms in total. The molecule has 0 spiro atoms. The Hall–Kier alpha value is -1.88. The molecule has 1 fully saturated rings. The number of nitrogens with one attached hydrogen (secondary N) is 2. The number of esters is 1. The predicted octanol–water partition coefficient (Wildman–Crippen LogP) is 1.16. The monoisotopic (exact) mass is 276 g/mol. The van der Waals surface area contributed by atoms with Gasteiger partial charge in [0.15, 0.2) is 6.04 Å². The SMILES string of the molecule is COC(=O)C(NC(=O)C1(C)CCCN1)c1ccccc1. The number of ether oxygens (including phenoxy) is 1. The molecule has 1 saturated heterocycles. The summed E-state index contributed by atoms with van der Waals surface area (Å²) >= 11 is 0. The molecule has 108 valence electrons. The summed E-state index contributed by atoms with van der Waals surface area (Å²) in [5.74, 6) is -0.639. The lowest BCUT2D eigenvalue weighted by molar-refractivity contribution is -0.146. The topological polar surface area (TPSA) is 67.4 Å². The van der Waals surface area contributed by atoms with Crippen LogP contribution < -0.4 is 10.6 Å². The van der Waals surface area contributed by atoms with Gasteiger partial charge in [0, 0.05) is 0 Å². The van der Waals surface area contributed by atoms with Crippen molar-refractivity contribution in [3.63, 3.8) is 0 Å². The summed E-state index contributed by atoms with van der Waals surface area (Å²) in [4.78, 5) is 24.3. The highest BCUT2D eigenvalue weighted by molar-refractivity contribution is 5.91. The lowest BCUT2D eigenvalue weighted by atomic mass is 9.97. The molecule has 1 heterocycles. The zero-order valence-corrected chi connectivity index (χ0v) is 11.8. The van der Waals surface area contributed by atoms with Crippen molar-refractivity contribution in [1.29, 1.82) is 0 Å². The van der Waals surface area contributed by atoms with Gasteiger partial charge in [0.25, 0.3) is 0 Å². The number of amides is 1. The van der Waals surface area contributed by atoms with Crippen LogP contribution in [0.25, 0.3) is 0 Å². The summed E-state index contributed by atoms with van der Waals surface area (Å²) in [6.07, 6.45) is 1.72. The van der Waals surface area contributed by atoms with Crippen LogP contribution in [0.1, 0.15) is 31.4 Å². The van der Waals surface area contributed by atoms with Crippen LogP contribution in [0.15, 0.2) is 30.3 Å². The van der Waals surface area contributed by atoms with Gasteiger partial charge in [0.05, 0.1) is 12.6 Å². The van der Waals surface area contributed by atoms with E-state index in [9.17, 15) is 9.59 Å². The first-order chi connectivity index (χ1) is 9.57. The number of rotatable bonds is 4. The average Bonchev–Trinajstić information content (AvgIpc) is 2.93. The summed E-state index contributed by atoms with van der Waals surface area (Å²) in [6.45, 7) is 2.67. The van der Waals surface area contributed by atoms with E-state index in [1.165, 1.54) is 7.11 Å². The van der Waals surface area contributed by atoms with E-state index in [-0.39, 0.29) is 5.91 Å². The predicted molar refractivity (Wildman–Crippen MR) is 75.0 cm³/mol. The molecular formula is C15H20N2O3. The molecule has 1 aliphatic heterocycles. The first-order valence-electron chi connectivity index (χ1n) is 6.75. The van der Waals surface area contributed by atoms with Crippen molar-refractivity contribution in [3.05, 3.63) is 35.9 Å². The molecule has 1 aromatic rings. The van der Waals surface area contributed by atoms with Crippen LogP contribution in [0.4, 0.5) is 0 Å². The van der Waals surface area contributed by atoms with Crippen molar-refractivity contribution in [2.24, 2.45) is 0 Å². The van der Waals surface area contributed by atoms with E-state index >= 15 is 0 Å². The fraction of sp³-hybridized carbons (Fsp3) is 0.467. The lowest BCUT2D eigenvalue weighted by Crippen LogP contribution is -2.53. The number of benzene rings is 1. The number of hydrogen-bond acceptors (Lipinski definition) is 4. The Morgan fingerprint density at radius 2 is 2.05 bits per heavy atom. The summed E-state index contributed by atoms with van der Waals surface area (Å²) in [5, 5.41) is 5.97. The largest absolute Gasteiger partial charge is 0.467 e. The molecule has 0 bridgehead atoms. The van der Waals surface area contributed by atoms with E-state index in [2.05, 4.69) is 10.6 Å². The third-order valence-corrected chi connectivity index (χ3v) is 3.72. The zero-order valence-electron chi connectivity index (χ0n) is 11.8. The molecule has 2 unspecified atom stereocenters. The standard InChI is InChI=1S/C15H20N2O3/c1-15(9-6-10-16-15)14(19)17-12(13(18)20-2)11-7-4-3-5-8-11/h3-5,7-8,12,16H,6,9-10H2,1-2H3,(H,17,19). The average molecular weight is 276 g/mol. The Bertz CT molecular complexity index is 481. The van der Waals surface area contributed by atoms with Crippen LogP contribution >= 0.6 is 0 Å². The molecule has 0 saturated carbocycles. The Kier molecular flexibility index (Phi) is 4.39. The maximum Gasteiger partial charge on any atom is 0.333 e. The molecule has 2 atom stereocenters. The molecule has 1 aromatic carbocycles. The molecule has 0 radical (unpaired) electrons. The van der Waals surface area contributed by atoms with Crippen LogP contribution in [0.3, 0.4) is 0 Å². The highest BCUT2D eigenvalue weighted by Crippen LogP contribution is 2.21. The van der Waals surface area contributed by atoms with E-state index in [0.717, 1.165) is 19.4 Å². The number of methoxy groups -OCH3 is 1. The maximum absolute atomic E-state index is 12.4.